The molecule has 0 radical (unpaired) electrons. The van der Waals surface area contributed by atoms with Crippen LogP contribution in [0.4, 0.5) is 0 Å². The number of hydrogen-bond acceptors (Lipinski definition) is 4. The number of benzene rings is 1. The number of aldehydes is 1. The van der Waals surface area contributed by atoms with Gasteiger partial charge < -0.3 is 15.3 Å². The molecule has 2 unspecified atom stereocenters. The highest BCUT2D eigenvalue weighted by molar-refractivity contribution is 6.33. The molecule has 0 saturated carbocycles. The van der Waals surface area contributed by atoms with Crippen molar-refractivity contribution in [2.45, 2.75) is 12.2 Å². The van der Waals surface area contributed by atoms with Gasteiger partial charge in [-0.3, -0.25) is 4.79 Å². The largest absolute Gasteiger partial charge is 0.394 e. The van der Waals surface area contributed by atoms with Crippen molar-refractivity contribution in [3.05, 3.63) is 34.3 Å². The summed E-state index contributed by atoms with van der Waals surface area (Å²) in [7, 11) is 0. The Balaban J connectivity index is 2.96. The smallest absolute Gasteiger partial charge is 0.151 e. The van der Waals surface area contributed by atoms with Crippen molar-refractivity contribution in [2.75, 3.05) is 6.61 Å². The van der Waals surface area contributed by atoms with Crippen LogP contribution in [0, 0.1) is 0 Å². The minimum Gasteiger partial charge on any atom is -0.394 e. The lowest BCUT2D eigenvalue weighted by molar-refractivity contribution is -0.0152. The molecule has 0 aliphatic rings. The standard InChI is InChI=1S/C10H11ClO4/c11-8-3-6(1-2-7(8)4-12)10(15)9(14)5-13/h1-4,9-10,13-15H,5H2. The van der Waals surface area contributed by atoms with Crippen LogP contribution in [0.2, 0.25) is 5.02 Å². The zero-order valence-electron chi connectivity index (χ0n) is 7.80. The molecule has 0 aliphatic heterocycles. The Bertz CT molecular complexity index is 353. The molecule has 82 valence electrons. The monoisotopic (exact) mass is 230 g/mol. The maximum atomic E-state index is 10.5. The molecule has 3 N–H and O–H groups in total. The molecule has 1 rings (SSSR count). The summed E-state index contributed by atoms with van der Waals surface area (Å²) in [5, 5.41) is 27.5. The Morgan fingerprint density at radius 1 is 1.40 bits per heavy atom. The Morgan fingerprint density at radius 3 is 2.53 bits per heavy atom. The van der Waals surface area contributed by atoms with Crippen LogP contribution < -0.4 is 0 Å². The molecule has 0 saturated heterocycles. The first-order chi connectivity index (χ1) is 7.10. The van der Waals surface area contributed by atoms with Crippen molar-refractivity contribution >= 4 is 17.9 Å². The number of halogens is 1. The molecule has 1 aromatic carbocycles. The number of carbonyl (C=O) groups excluding carboxylic acids is 1. The van der Waals surface area contributed by atoms with Gasteiger partial charge in [-0.05, 0) is 17.7 Å². The van der Waals surface area contributed by atoms with Crippen LogP contribution in [0.1, 0.15) is 22.0 Å². The van der Waals surface area contributed by atoms with Gasteiger partial charge in [0.15, 0.2) is 6.29 Å². The van der Waals surface area contributed by atoms with E-state index in [1.165, 1.54) is 18.2 Å². The molecule has 4 nitrogen and oxygen atoms in total. The highest BCUT2D eigenvalue weighted by atomic mass is 35.5. The third-order valence-electron chi connectivity index (χ3n) is 2.04. The fourth-order valence-electron chi connectivity index (χ4n) is 1.14. The fraction of sp³-hybridized carbons (Fsp3) is 0.300. The molecule has 0 fully saturated rings. The van der Waals surface area contributed by atoms with E-state index in [4.69, 9.17) is 16.7 Å². The molecule has 5 heteroatoms. The molecule has 0 spiro atoms. The molecule has 0 aliphatic carbocycles. The van der Waals surface area contributed by atoms with Crippen molar-refractivity contribution < 1.29 is 20.1 Å². The number of aliphatic hydroxyl groups is 3. The van der Waals surface area contributed by atoms with Crippen molar-refractivity contribution in [3.63, 3.8) is 0 Å². The van der Waals surface area contributed by atoms with Gasteiger partial charge in [0.2, 0.25) is 0 Å². The minimum atomic E-state index is -1.26. The van der Waals surface area contributed by atoms with Gasteiger partial charge in [0, 0.05) is 5.56 Å². The Morgan fingerprint density at radius 2 is 2.07 bits per heavy atom. The summed E-state index contributed by atoms with van der Waals surface area (Å²) in [6.07, 6.45) is -1.88. The van der Waals surface area contributed by atoms with Gasteiger partial charge in [0.25, 0.3) is 0 Å². The van der Waals surface area contributed by atoms with Crippen molar-refractivity contribution in [1.29, 1.82) is 0 Å². The van der Waals surface area contributed by atoms with Crippen LogP contribution in [-0.4, -0.2) is 34.3 Å². The van der Waals surface area contributed by atoms with E-state index in [-0.39, 0.29) is 5.02 Å². The topological polar surface area (TPSA) is 77.8 Å². The van der Waals surface area contributed by atoms with Crippen LogP contribution in [0.5, 0.6) is 0 Å². The zero-order chi connectivity index (χ0) is 11.4. The summed E-state index contributed by atoms with van der Waals surface area (Å²) in [6.45, 7) is -0.547. The lowest BCUT2D eigenvalue weighted by atomic mass is 10.0. The first-order valence-corrected chi connectivity index (χ1v) is 4.69. The fourth-order valence-corrected chi connectivity index (χ4v) is 1.38. The summed E-state index contributed by atoms with van der Waals surface area (Å²) in [4.78, 5) is 10.5. The normalized spacial score (nSPS) is 14.7. The lowest BCUT2D eigenvalue weighted by Crippen LogP contribution is -2.22. The van der Waals surface area contributed by atoms with Crippen LogP contribution in [0.3, 0.4) is 0 Å². The molecule has 15 heavy (non-hydrogen) atoms. The van der Waals surface area contributed by atoms with E-state index in [1.54, 1.807) is 0 Å². The van der Waals surface area contributed by atoms with E-state index in [2.05, 4.69) is 0 Å². The maximum absolute atomic E-state index is 10.5. The highest BCUT2D eigenvalue weighted by Gasteiger charge is 2.18. The first kappa shape index (κ1) is 12.1. The van der Waals surface area contributed by atoms with Gasteiger partial charge >= 0.3 is 0 Å². The van der Waals surface area contributed by atoms with Crippen LogP contribution in [-0.2, 0) is 0 Å². The Labute approximate surface area is 91.7 Å². The van der Waals surface area contributed by atoms with Crippen LogP contribution in [0.15, 0.2) is 18.2 Å². The Hall–Kier alpha value is -0.940. The highest BCUT2D eigenvalue weighted by Crippen LogP contribution is 2.22. The zero-order valence-corrected chi connectivity index (χ0v) is 8.55. The predicted octanol–water partition coefficient (Wildman–Crippen LogP) is 0.539. The average molecular weight is 231 g/mol. The SMILES string of the molecule is O=Cc1ccc(C(O)C(O)CO)cc1Cl. The molecule has 0 amide bonds. The molecule has 0 bridgehead atoms. The van der Waals surface area contributed by atoms with E-state index in [9.17, 15) is 15.0 Å². The summed E-state index contributed by atoms with van der Waals surface area (Å²) < 4.78 is 0. The van der Waals surface area contributed by atoms with E-state index in [0.29, 0.717) is 17.4 Å². The van der Waals surface area contributed by atoms with Gasteiger partial charge in [-0.2, -0.15) is 0 Å². The molecular formula is C10H11ClO4. The van der Waals surface area contributed by atoms with Gasteiger partial charge in [-0.25, -0.2) is 0 Å². The summed E-state index contributed by atoms with van der Waals surface area (Å²) in [5.74, 6) is 0. The van der Waals surface area contributed by atoms with Crippen molar-refractivity contribution in [3.8, 4) is 0 Å². The van der Waals surface area contributed by atoms with E-state index in [1.807, 2.05) is 0 Å². The second kappa shape index (κ2) is 5.23. The number of rotatable bonds is 4. The summed E-state index contributed by atoms with van der Waals surface area (Å²) in [6, 6.07) is 4.30. The van der Waals surface area contributed by atoms with Gasteiger partial charge in [0.05, 0.1) is 11.6 Å². The van der Waals surface area contributed by atoms with E-state index >= 15 is 0 Å². The van der Waals surface area contributed by atoms with E-state index in [0.717, 1.165) is 0 Å². The second-order valence-corrected chi connectivity index (χ2v) is 3.50. The third kappa shape index (κ3) is 2.76. The minimum absolute atomic E-state index is 0.201. The number of aliphatic hydroxyl groups excluding tert-OH is 3. The van der Waals surface area contributed by atoms with Gasteiger partial charge in [-0.15, -0.1) is 0 Å². The van der Waals surface area contributed by atoms with Crippen LogP contribution in [0.25, 0.3) is 0 Å². The van der Waals surface area contributed by atoms with Gasteiger partial charge in [-0.1, -0.05) is 17.7 Å². The third-order valence-corrected chi connectivity index (χ3v) is 2.37. The summed E-state index contributed by atoms with van der Waals surface area (Å²) in [5.41, 5.74) is 0.665. The van der Waals surface area contributed by atoms with Crippen LogP contribution >= 0.6 is 11.6 Å². The quantitative estimate of drug-likeness (QED) is 0.660. The first-order valence-electron chi connectivity index (χ1n) is 4.31. The number of hydrogen-bond donors (Lipinski definition) is 3. The molecule has 0 aromatic heterocycles. The average Bonchev–Trinajstić information content (AvgIpc) is 2.26. The molecular weight excluding hydrogens is 220 g/mol. The maximum Gasteiger partial charge on any atom is 0.151 e. The number of carbonyl (C=O) groups is 1. The summed E-state index contributed by atoms with van der Waals surface area (Å²) >= 11 is 5.73. The van der Waals surface area contributed by atoms with Crippen molar-refractivity contribution in [1.82, 2.24) is 0 Å². The van der Waals surface area contributed by atoms with Crippen molar-refractivity contribution in [2.24, 2.45) is 0 Å². The molecule has 0 heterocycles. The second-order valence-electron chi connectivity index (χ2n) is 3.09. The molecule has 2 atom stereocenters. The predicted molar refractivity (Wildman–Crippen MR) is 54.9 cm³/mol. The lowest BCUT2D eigenvalue weighted by Gasteiger charge is -2.16. The van der Waals surface area contributed by atoms with Gasteiger partial charge in [0.1, 0.15) is 12.2 Å². The Kier molecular flexibility index (Phi) is 4.23. The molecule has 1 aromatic rings. The van der Waals surface area contributed by atoms with E-state index < -0.39 is 18.8 Å².